The number of amides is 1. The highest BCUT2D eigenvalue weighted by Crippen LogP contribution is 2.38. The van der Waals surface area contributed by atoms with Gasteiger partial charge in [-0.05, 0) is 36.4 Å². The van der Waals surface area contributed by atoms with Gasteiger partial charge in [-0.3, -0.25) is 9.69 Å². The SMILES string of the molecule is COc1ccc(/C=N\NC(=O)CN2CCN(S(=O)(=O)c3ccc(Br)cc3)CC2)c(OC)c1OC. The average molecular weight is 555 g/mol. The number of halogens is 1. The van der Waals surface area contributed by atoms with Gasteiger partial charge in [0.2, 0.25) is 15.8 Å². The minimum Gasteiger partial charge on any atom is -0.493 e. The zero-order valence-corrected chi connectivity index (χ0v) is 21.6. The molecule has 1 saturated heterocycles. The fraction of sp³-hybridized carbons (Fsp3) is 0.364. The summed E-state index contributed by atoms with van der Waals surface area (Å²) in [4.78, 5) is 14.5. The van der Waals surface area contributed by atoms with Crippen LogP contribution in [-0.2, 0) is 14.8 Å². The second kappa shape index (κ2) is 11.6. The summed E-state index contributed by atoms with van der Waals surface area (Å²) in [5.41, 5.74) is 3.10. The number of carbonyl (C=O) groups is 1. The number of methoxy groups -OCH3 is 3. The van der Waals surface area contributed by atoms with Crippen LogP contribution < -0.4 is 19.6 Å². The van der Waals surface area contributed by atoms with E-state index in [1.165, 1.54) is 31.8 Å². The Morgan fingerprint density at radius 3 is 2.24 bits per heavy atom. The van der Waals surface area contributed by atoms with Crippen molar-refractivity contribution in [2.45, 2.75) is 4.90 Å². The Bertz CT molecular complexity index is 1130. The molecule has 2 aromatic rings. The molecule has 1 aliphatic heterocycles. The first-order chi connectivity index (χ1) is 16.3. The van der Waals surface area contributed by atoms with Gasteiger partial charge in [0.1, 0.15) is 0 Å². The molecule has 1 aliphatic rings. The first kappa shape index (κ1) is 25.9. The molecule has 3 rings (SSSR count). The number of hydrogen-bond acceptors (Lipinski definition) is 8. The molecule has 1 heterocycles. The van der Waals surface area contributed by atoms with Gasteiger partial charge in [-0.15, -0.1) is 0 Å². The molecule has 12 heteroatoms. The third-order valence-electron chi connectivity index (χ3n) is 5.28. The number of hydrogen-bond donors (Lipinski definition) is 1. The maximum Gasteiger partial charge on any atom is 0.254 e. The van der Waals surface area contributed by atoms with Crippen LogP contribution in [0.25, 0.3) is 0 Å². The van der Waals surface area contributed by atoms with Gasteiger partial charge in [-0.2, -0.15) is 9.41 Å². The molecule has 1 N–H and O–H groups in total. The molecule has 1 fully saturated rings. The van der Waals surface area contributed by atoms with Crippen LogP contribution in [0.5, 0.6) is 17.2 Å². The Labute approximate surface area is 207 Å². The van der Waals surface area contributed by atoms with E-state index < -0.39 is 10.0 Å². The lowest BCUT2D eigenvalue weighted by Gasteiger charge is -2.33. The van der Waals surface area contributed by atoms with E-state index in [1.54, 1.807) is 36.4 Å². The summed E-state index contributed by atoms with van der Waals surface area (Å²) in [5, 5.41) is 4.01. The summed E-state index contributed by atoms with van der Waals surface area (Å²) in [7, 11) is 0.977. The van der Waals surface area contributed by atoms with Crippen LogP contribution in [0, 0.1) is 0 Å². The van der Waals surface area contributed by atoms with E-state index in [9.17, 15) is 13.2 Å². The molecule has 0 saturated carbocycles. The zero-order valence-electron chi connectivity index (χ0n) is 19.2. The number of nitrogens with zero attached hydrogens (tertiary/aromatic N) is 3. The van der Waals surface area contributed by atoms with Crippen molar-refractivity contribution in [2.24, 2.45) is 5.10 Å². The van der Waals surface area contributed by atoms with Crippen LogP contribution in [0.1, 0.15) is 5.56 Å². The topological polar surface area (TPSA) is 110 Å². The second-order valence-electron chi connectivity index (χ2n) is 7.35. The van der Waals surface area contributed by atoms with E-state index in [-0.39, 0.29) is 17.3 Å². The molecular formula is C22H27BrN4O6S. The summed E-state index contributed by atoms with van der Waals surface area (Å²) in [6.45, 7) is 1.59. The lowest BCUT2D eigenvalue weighted by atomic mass is 10.2. The third-order valence-corrected chi connectivity index (χ3v) is 7.72. The van der Waals surface area contributed by atoms with Crippen LogP contribution in [0.4, 0.5) is 0 Å². The number of rotatable bonds is 9. The molecule has 0 aliphatic carbocycles. The van der Waals surface area contributed by atoms with Gasteiger partial charge in [0.25, 0.3) is 5.91 Å². The van der Waals surface area contributed by atoms with E-state index >= 15 is 0 Å². The highest BCUT2D eigenvalue weighted by atomic mass is 79.9. The van der Waals surface area contributed by atoms with Gasteiger partial charge in [0.15, 0.2) is 11.5 Å². The van der Waals surface area contributed by atoms with Crippen molar-refractivity contribution in [1.82, 2.24) is 14.6 Å². The van der Waals surface area contributed by atoms with E-state index in [0.717, 1.165) is 4.47 Å². The lowest BCUT2D eigenvalue weighted by molar-refractivity contribution is -0.122. The normalized spacial score (nSPS) is 15.3. The fourth-order valence-corrected chi connectivity index (χ4v) is 5.21. The number of carbonyl (C=O) groups excluding carboxylic acids is 1. The Kier molecular flexibility index (Phi) is 8.89. The smallest absolute Gasteiger partial charge is 0.254 e. The Morgan fingerprint density at radius 2 is 1.65 bits per heavy atom. The minimum atomic E-state index is -3.56. The third kappa shape index (κ3) is 6.06. The summed E-state index contributed by atoms with van der Waals surface area (Å²) in [6, 6.07) is 10.00. The molecule has 0 aromatic heterocycles. The summed E-state index contributed by atoms with van der Waals surface area (Å²) < 4.78 is 43.8. The van der Waals surface area contributed by atoms with Crippen molar-refractivity contribution in [3.8, 4) is 17.2 Å². The Hall–Kier alpha value is -2.67. The van der Waals surface area contributed by atoms with Crippen LogP contribution in [-0.4, -0.2) is 83.8 Å². The molecule has 0 unspecified atom stereocenters. The Morgan fingerprint density at radius 1 is 1.00 bits per heavy atom. The van der Waals surface area contributed by atoms with Crippen molar-refractivity contribution in [1.29, 1.82) is 0 Å². The second-order valence-corrected chi connectivity index (χ2v) is 10.2. The molecule has 0 bridgehead atoms. The molecule has 1 amide bonds. The van der Waals surface area contributed by atoms with Gasteiger partial charge in [0.05, 0.1) is 39.0 Å². The highest BCUT2D eigenvalue weighted by Gasteiger charge is 2.29. The summed E-state index contributed by atoms with van der Waals surface area (Å²) in [5.74, 6) is 1.07. The first-order valence-electron chi connectivity index (χ1n) is 10.4. The quantitative estimate of drug-likeness (QED) is 0.372. The minimum absolute atomic E-state index is 0.104. The summed E-state index contributed by atoms with van der Waals surface area (Å²) >= 11 is 3.31. The predicted octanol–water partition coefficient (Wildman–Crippen LogP) is 1.93. The molecule has 0 radical (unpaired) electrons. The number of ether oxygens (including phenoxy) is 3. The molecule has 34 heavy (non-hydrogen) atoms. The molecule has 10 nitrogen and oxygen atoms in total. The van der Waals surface area contributed by atoms with Crippen LogP contribution in [0.3, 0.4) is 0 Å². The molecule has 0 spiro atoms. The lowest BCUT2D eigenvalue weighted by Crippen LogP contribution is -2.50. The highest BCUT2D eigenvalue weighted by molar-refractivity contribution is 9.10. The number of sulfonamides is 1. The maximum absolute atomic E-state index is 12.8. The van der Waals surface area contributed by atoms with Crippen LogP contribution >= 0.6 is 15.9 Å². The number of benzene rings is 2. The number of piperazine rings is 1. The van der Waals surface area contributed by atoms with Crippen LogP contribution in [0.2, 0.25) is 0 Å². The Balaban J connectivity index is 1.53. The molecular weight excluding hydrogens is 528 g/mol. The first-order valence-corrected chi connectivity index (χ1v) is 12.6. The van der Waals surface area contributed by atoms with Gasteiger partial charge >= 0.3 is 0 Å². The van der Waals surface area contributed by atoms with E-state index in [1.807, 2.05) is 4.90 Å². The van der Waals surface area contributed by atoms with Gasteiger partial charge in [-0.25, -0.2) is 13.8 Å². The zero-order chi connectivity index (χ0) is 24.7. The van der Waals surface area contributed by atoms with Crippen molar-refractivity contribution in [2.75, 3.05) is 54.1 Å². The van der Waals surface area contributed by atoms with Crippen molar-refractivity contribution < 1.29 is 27.4 Å². The van der Waals surface area contributed by atoms with E-state index in [0.29, 0.717) is 49.0 Å². The van der Waals surface area contributed by atoms with Gasteiger partial charge < -0.3 is 14.2 Å². The fourth-order valence-electron chi connectivity index (χ4n) is 3.52. The molecule has 0 atom stereocenters. The number of nitrogens with one attached hydrogen (secondary N) is 1. The molecule has 184 valence electrons. The number of hydrazone groups is 1. The van der Waals surface area contributed by atoms with Crippen molar-refractivity contribution >= 4 is 38.1 Å². The summed E-state index contributed by atoms with van der Waals surface area (Å²) in [6.07, 6.45) is 1.46. The van der Waals surface area contributed by atoms with Crippen molar-refractivity contribution in [3.05, 3.63) is 46.4 Å². The molecule has 2 aromatic carbocycles. The monoisotopic (exact) mass is 554 g/mol. The average Bonchev–Trinajstić information content (AvgIpc) is 2.84. The maximum atomic E-state index is 12.8. The van der Waals surface area contributed by atoms with Gasteiger partial charge in [0, 0.05) is 36.2 Å². The van der Waals surface area contributed by atoms with E-state index in [2.05, 4.69) is 26.5 Å². The standard InChI is InChI=1S/C22H27BrN4O6S/c1-31-19-9-4-16(21(32-2)22(19)33-3)14-24-25-20(28)15-26-10-12-27(13-11-26)34(29,30)18-7-5-17(23)6-8-18/h4-9,14H,10-13,15H2,1-3H3,(H,25,28)/b24-14-. The largest absolute Gasteiger partial charge is 0.493 e. The van der Waals surface area contributed by atoms with E-state index in [4.69, 9.17) is 14.2 Å². The van der Waals surface area contributed by atoms with Crippen LogP contribution in [0.15, 0.2) is 50.9 Å². The van der Waals surface area contributed by atoms with Gasteiger partial charge in [-0.1, -0.05) is 15.9 Å². The predicted molar refractivity (Wildman–Crippen MR) is 131 cm³/mol. The van der Waals surface area contributed by atoms with Crippen molar-refractivity contribution in [3.63, 3.8) is 0 Å².